The predicted octanol–water partition coefficient (Wildman–Crippen LogP) is 10.3. The third-order valence-electron chi connectivity index (χ3n) is 9.46. The van der Waals surface area contributed by atoms with Crippen LogP contribution >= 0.6 is 15.9 Å². The number of Topliss-reactive ketones (excluding diaryl/α,β-unsaturated/α-hetero) is 2. The molecule has 0 unspecified atom stereocenters. The molecule has 7 aromatic rings. The molecular formula is C42H37BrF6N6O6. The number of halogens is 7. The van der Waals surface area contributed by atoms with Gasteiger partial charge in [-0.15, -0.1) is 0 Å². The van der Waals surface area contributed by atoms with Crippen molar-refractivity contribution in [1.29, 1.82) is 0 Å². The molecule has 0 aliphatic rings. The van der Waals surface area contributed by atoms with Gasteiger partial charge in [-0.25, -0.2) is 9.97 Å². The second-order valence-corrected chi connectivity index (χ2v) is 14.4. The van der Waals surface area contributed by atoms with E-state index in [0.29, 0.717) is 11.4 Å². The number of nitrogens with zero attached hydrogens (tertiary/aromatic N) is 6. The summed E-state index contributed by atoms with van der Waals surface area (Å²) in [5.41, 5.74) is 6.17. The topological polar surface area (TPSA) is 125 Å². The molecule has 0 aliphatic carbocycles. The fourth-order valence-electron chi connectivity index (χ4n) is 6.54. The molecule has 0 radical (unpaired) electrons. The number of ketones is 2. The summed E-state index contributed by atoms with van der Waals surface area (Å²) in [6.07, 6.45) is -5.75. The highest BCUT2D eigenvalue weighted by Crippen LogP contribution is 2.38. The molecule has 4 aromatic carbocycles. The van der Waals surface area contributed by atoms with Gasteiger partial charge in [0.2, 0.25) is 0 Å². The number of imidazole rings is 2. The van der Waals surface area contributed by atoms with Gasteiger partial charge in [0.15, 0.2) is 11.6 Å². The number of hydrogen-bond donors (Lipinski definition) is 0. The maximum Gasteiger partial charge on any atom is 0.389 e. The number of hydrogen-bond acceptors (Lipinski definition) is 9. The van der Waals surface area contributed by atoms with Crippen molar-refractivity contribution in [3.05, 3.63) is 101 Å². The first kappa shape index (κ1) is 44.2. The van der Waals surface area contributed by atoms with Crippen LogP contribution < -0.4 is 18.9 Å². The van der Waals surface area contributed by atoms with E-state index in [1.54, 1.807) is 56.9 Å². The molecule has 7 rings (SSSR count). The van der Waals surface area contributed by atoms with Crippen molar-refractivity contribution in [3.8, 4) is 45.5 Å². The highest BCUT2D eigenvalue weighted by Gasteiger charge is 2.31. The Bertz CT molecular complexity index is 2670. The van der Waals surface area contributed by atoms with Gasteiger partial charge in [0, 0.05) is 60.4 Å². The summed E-state index contributed by atoms with van der Waals surface area (Å²) >= 11 is 3.39. The Morgan fingerprint density at radius 1 is 0.623 bits per heavy atom. The second-order valence-electron chi connectivity index (χ2n) is 13.5. The van der Waals surface area contributed by atoms with E-state index in [0.717, 1.165) is 37.7 Å². The summed E-state index contributed by atoms with van der Waals surface area (Å²) in [7, 11) is 7.25. The van der Waals surface area contributed by atoms with Crippen molar-refractivity contribution in [2.75, 3.05) is 28.4 Å². The van der Waals surface area contributed by atoms with Crippen LogP contribution in [0.25, 0.3) is 44.6 Å². The van der Waals surface area contributed by atoms with Crippen LogP contribution in [-0.2, 0) is 7.05 Å². The summed E-state index contributed by atoms with van der Waals surface area (Å²) in [5.74, 6) is -0.863. The van der Waals surface area contributed by atoms with E-state index in [-0.39, 0.29) is 34.1 Å². The molecule has 320 valence electrons. The van der Waals surface area contributed by atoms with Crippen LogP contribution in [0.5, 0.6) is 23.0 Å². The lowest BCUT2D eigenvalue weighted by molar-refractivity contribution is -0.134. The minimum absolute atomic E-state index is 0.00911. The average Bonchev–Trinajstić information content (AvgIpc) is 3.98. The lowest BCUT2D eigenvalue weighted by Gasteiger charge is -2.16. The molecule has 0 saturated carbocycles. The molecule has 3 heterocycles. The smallest absolute Gasteiger partial charge is 0.389 e. The zero-order valence-electron chi connectivity index (χ0n) is 33.2. The quantitative estimate of drug-likeness (QED) is 0.0821. The first-order valence-corrected chi connectivity index (χ1v) is 19.0. The zero-order valence-corrected chi connectivity index (χ0v) is 34.8. The highest BCUT2D eigenvalue weighted by atomic mass is 79.9. The Hall–Kier alpha value is -6.37. The molecule has 3 aromatic heterocycles. The van der Waals surface area contributed by atoms with Crippen LogP contribution in [0.4, 0.5) is 26.3 Å². The predicted molar refractivity (Wildman–Crippen MR) is 217 cm³/mol. The highest BCUT2D eigenvalue weighted by molar-refractivity contribution is 9.10. The van der Waals surface area contributed by atoms with Crippen molar-refractivity contribution in [3.63, 3.8) is 0 Å². The Labute approximate surface area is 352 Å². The SMILES string of the molecule is COc1cc(-n2cnc3cc(-c4cnn(C)c4)ccc32)cc(OC)c1C(=O)CCC(F)(F)F.COc1cc(-n2cnc3cc(Br)ccc32)cc(OC)c1C(=O)CCC(F)(F)F. The molecule has 0 aliphatic heterocycles. The molecule has 0 saturated heterocycles. The summed E-state index contributed by atoms with van der Waals surface area (Å²) in [6, 6.07) is 17.7. The van der Waals surface area contributed by atoms with Crippen molar-refractivity contribution in [2.45, 2.75) is 38.0 Å². The van der Waals surface area contributed by atoms with Gasteiger partial charge in [0.1, 0.15) is 46.8 Å². The van der Waals surface area contributed by atoms with E-state index in [4.69, 9.17) is 18.9 Å². The fraction of sp³-hybridized carbons (Fsp3) is 0.262. The van der Waals surface area contributed by atoms with Crippen LogP contribution in [0.15, 0.2) is 90.2 Å². The maximum absolute atomic E-state index is 12.6. The van der Waals surface area contributed by atoms with Crippen LogP contribution in [0.1, 0.15) is 46.4 Å². The summed E-state index contributed by atoms with van der Waals surface area (Å²) in [6.45, 7) is 0. The van der Waals surface area contributed by atoms with E-state index in [9.17, 15) is 35.9 Å². The largest absolute Gasteiger partial charge is 0.496 e. The third kappa shape index (κ3) is 10.2. The normalized spacial score (nSPS) is 11.7. The first-order chi connectivity index (χ1) is 28.9. The number of alkyl halides is 6. The van der Waals surface area contributed by atoms with Gasteiger partial charge < -0.3 is 18.9 Å². The van der Waals surface area contributed by atoms with Gasteiger partial charge >= 0.3 is 12.4 Å². The molecule has 61 heavy (non-hydrogen) atoms. The molecule has 12 nitrogen and oxygen atoms in total. The minimum Gasteiger partial charge on any atom is -0.496 e. The van der Waals surface area contributed by atoms with Crippen LogP contribution in [0, 0.1) is 0 Å². The van der Waals surface area contributed by atoms with Gasteiger partial charge in [-0.3, -0.25) is 23.4 Å². The van der Waals surface area contributed by atoms with Crippen molar-refractivity contribution in [2.24, 2.45) is 7.05 Å². The Morgan fingerprint density at radius 3 is 1.44 bits per heavy atom. The Balaban J connectivity index is 0.000000207. The third-order valence-corrected chi connectivity index (χ3v) is 9.95. The van der Waals surface area contributed by atoms with Gasteiger partial charge in [0.05, 0.1) is 80.9 Å². The molecular weight excluding hydrogens is 878 g/mol. The molecule has 0 amide bonds. The fourth-order valence-corrected chi connectivity index (χ4v) is 6.89. The standard InChI is InChI=1S/C23H21F3N4O3.C19H16BrF3N2O3/c1-29-12-15(11-28-29)14-4-5-18-17(8-14)27-13-30(18)16-9-20(32-2)22(21(10-16)33-3)19(31)6-7-23(24,25)26;1-27-16-8-12(25-10-24-13-7-11(20)3-4-14(13)25)9-17(28-2)18(16)15(26)5-6-19(21,22)23/h4-5,8-13H,6-7H2,1-3H3;3-4,7-10H,5-6H2,1-2H3. The molecule has 0 bridgehead atoms. The summed E-state index contributed by atoms with van der Waals surface area (Å²) in [4.78, 5) is 33.8. The molecule has 0 atom stereocenters. The molecule has 0 N–H and O–H groups in total. The van der Waals surface area contributed by atoms with E-state index < -0.39 is 49.6 Å². The second kappa shape index (κ2) is 18.1. The number of carbonyl (C=O) groups excluding carboxylic acids is 2. The first-order valence-electron chi connectivity index (χ1n) is 18.2. The number of aryl methyl sites for hydroxylation is 1. The number of ether oxygens (including phenoxy) is 4. The minimum atomic E-state index is -4.43. The van der Waals surface area contributed by atoms with E-state index in [1.165, 1.54) is 28.4 Å². The van der Waals surface area contributed by atoms with Crippen molar-refractivity contribution >= 4 is 49.6 Å². The zero-order chi connectivity index (χ0) is 44.2. The Morgan fingerprint density at radius 2 is 1.05 bits per heavy atom. The van der Waals surface area contributed by atoms with Gasteiger partial charge in [-0.1, -0.05) is 22.0 Å². The van der Waals surface area contributed by atoms with E-state index in [2.05, 4.69) is 31.0 Å². The number of fused-ring (bicyclic) bond motifs is 2. The van der Waals surface area contributed by atoms with Gasteiger partial charge in [-0.2, -0.15) is 31.4 Å². The summed E-state index contributed by atoms with van der Waals surface area (Å²) < 4.78 is 103. The molecule has 0 spiro atoms. The van der Waals surface area contributed by atoms with Crippen molar-refractivity contribution < 1.29 is 54.9 Å². The van der Waals surface area contributed by atoms with Crippen molar-refractivity contribution in [1.82, 2.24) is 28.9 Å². The summed E-state index contributed by atoms with van der Waals surface area (Å²) in [5, 5.41) is 4.19. The monoisotopic (exact) mass is 914 g/mol. The lowest BCUT2D eigenvalue weighted by atomic mass is 10.0. The van der Waals surface area contributed by atoms with E-state index in [1.807, 2.05) is 49.6 Å². The lowest BCUT2D eigenvalue weighted by Crippen LogP contribution is -2.13. The van der Waals surface area contributed by atoms with E-state index >= 15 is 0 Å². The van der Waals surface area contributed by atoms with Crippen LogP contribution in [-0.4, -0.2) is 81.2 Å². The van der Waals surface area contributed by atoms with Crippen LogP contribution in [0.3, 0.4) is 0 Å². The number of rotatable bonds is 13. The van der Waals surface area contributed by atoms with Crippen LogP contribution in [0.2, 0.25) is 0 Å². The van der Waals surface area contributed by atoms with Gasteiger partial charge in [0.25, 0.3) is 0 Å². The average molecular weight is 916 g/mol. The number of carbonyl (C=O) groups is 2. The number of methoxy groups -OCH3 is 4. The Kier molecular flexibility index (Phi) is 13.1. The van der Waals surface area contributed by atoms with Gasteiger partial charge in [-0.05, 0) is 35.9 Å². The maximum atomic E-state index is 12.6. The number of benzene rings is 4. The molecule has 19 heteroatoms. The molecule has 0 fully saturated rings. The number of aromatic nitrogens is 6.